The van der Waals surface area contributed by atoms with Gasteiger partial charge in [-0.25, -0.2) is 9.18 Å². The van der Waals surface area contributed by atoms with Gasteiger partial charge in [-0.3, -0.25) is 4.57 Å². The largest absolute Gasteiger partial charge is 0.493 e. The summed E-state index contributed by atoms with van der Waals surface area (Å²) in [6.45, 7) is 2.84. The summed E-state index contributed by atoms with van der Waals surface area (Å²) < 4.78 is 25.8. The van der Waals surface area contributed by atoms with Gasteiger partial charge in [0.25, 0.3) is 0 Å². The van der Waals surface area contributed by atoms with E-state index in [1.165, 1.54) is 12.1 Å². The van der Waals surface area contributed by atoms with Crippen molar-refractivity contribution in [2.24, 2.45) is 0 Å². The molecular formula is C25H27FN2O3S. The summed E-state index contributed by atoms with van der Waals surface area (Å²) in [5, 5.41) is 0. The predicted octanol–water partition coefficient (Wildman–Crippen LogP) is 5.57. The molecule has 3 aromatic carbocycles. The van der Waals surface area contributed by atoms with Gasteiger partial charge in [-0.05, 0) is 72.5 Å². The number of hydrogen-bond donors (Lipinski definition) is 1. The fourth-order valence-electron chi connectivity index (χ4n) is 3.41. The standard InChI is InChI=1S/C23H21FN2O3.C2H6S/c1-3-29-22-12-15(4-11-21(22)28-2)14-26-20-10-7-17(13-19(20)25-23(26)27)16-5-8-18(24)9-6-16;1-3-2/h4-13H,3,14H2,1-2H3,(H,25,27);1-2H3. The minimum atomic E-state index is -0.277. The van der Waals surface area contributed by atoms with E-state index < -0.39 is 0 Å². The molecule has 4 aromatic rings. The van der Waals surface area contributed by atoms with Crippen molar-refractivity contribution in [2.45, 2.75) is 13.5 Å². The Hall–Kier alpha value is -3.19. The predicted molar refractivity (Wildman–Crippen MR) is 131 cm³/mol. The van der Waals surface area contributed by atoms with Crippen LogP contribution in [0.1, 0.15) is 12.5 Å². The zero-order chi connectivity index (χ0) is 23.1. The van der Waals surface area contributed by atoms with E-state index in [1.54, 1.807) is 35.6 Å². The average molecular weight is 455 g/mol. The number of nitrogens with one attached hydrogen (secondary N) is 1. The summed E-state index contributed by atoms with van der Waals surface area (Å²) in [6.07, 6.45) is 4.08. The van der Waals surface area contributed by atoms with Crippen LogP contribution in [-0.4, -0.2) is 35.8 Å². The van der Waals surface area contributed by atoms with Crippen LogP contribution >= 0.6 is 11.8 Å². The fraction of sp³-hybridized carbons (Fsp3) is 0.240. The number of H-pyrrole nitrogens is 1. The lowest BCUT2D eigenvalue weighted by Gasteiger charge is -2.11. The van der Waals surface area contributed by atoms with Crippen molar-refractivity contribution in [1.82, 2.24) is 9.55 Å². The van der Waals surface area contributed by atoms with Gasteiger partial charge in [0, 0.05) is 0 Å². The van der Waals surface area contributed by atoms with Crippen molar-refractivity contribution >= 4 is 22.8 Å². The van der Waals surface area contributed by atoms with Gasteiger partial charge < -0.3 is 14.5 Å². The number of rotatable bonds is 6. The van der Waals surface area contributed by atoms with Crippen LogP contribution in [0.25, 0.3) is 22.2 Å². The Morgan fingerprint density at radius 1 is 0.969 bits per heavy atom. The number of nitrogens with zero attached hydrogens (tertiary/aromatic N) is 1. The lowest BCUT2D eigenvalue weighted by molar-refractivity contribution is 0.310. The van der Waals surface area contributed by atoms with Crippen molar-refractivity contribution in [2.75, 3.05) is 26.2 Å². The number of fused-ring (bicyclic) bond motifs is 1. The molecule has 0 aliphatic carbocycles. The summed E-state index contributed by atoms with van der Waals surface area (Å²) in [4.78, 5) is 15.5. The molecule has 32 heavy (non-hydrogen) atoms. The van der Waals surface area contributed by atoms with Crippen LogP contribution in [0.3, 0.4) is 0 Å². The lowest BCUT2D eigenvalue weighted by atomic mass is 10.1. The summed E-state index contributed by atoms with van der Waals surface area (Å²) in [5.41, 5.74) is 4.07. The van der Waals surface area contributed by atoms with Crippen molar-refractivity contribution < 1.29 is 13.9 Å². The first-order chi connectivity index (χ1) is 15.5. The zero-order valence-corrected chi connectivity index (χ0v) is 19.5. The van der Waals surface area contributed by atoms with E-state index in [-0.39, 0.29) is 11.5 Å². The van der Waals surface area contributed by atoms with Gasteiger partial charge in [-0.15, -0.1) is 0 Å². The highest BCUT2D eigenvalue weighted by Crippen LogP contribution is 2.29. The van der Waals surface area contributed by atoms with Crippen molar-refractivity contribution in [1.29, 1.82) is 0 Å². The van der Waals surface area contributed by atoms with Gasteiger partial charge in [0.05, 0.1) is 31.3 Å². The molecule has 0 unspecified atom stereocenters. The molecule has 0 fully saturated rings. The number of ether oxygens (including phenoxy) is 2. The quantitative estimate of drug-likeness (QED) is 0.414. The normalized spacial score (nSPS) is 10.5. The van der Waals surface area contributed by atoms with Gasteiger partial charge in [0.1, 0.15) is 5.82 Å². The van der Waals surface area contributed by atoms with Crippen LogP contribution in [0.15, 0.2) is 65.5 Å². The van der Waals surface area contributed by atoms with E-state index in [2.05, 4.69) is 4.98 Å². The van der Waals surface area contributed by atoms with E-state index in [0.717, 1.165) is 27.7 Å². The average Bonchev–Trinajstić information content (AvgIpc) is 3.09. The second kappa shape index (κ2) is 10.9. The summed E-state index contributed by atoms with van der Waals surface area (Å²) in [7, 11) is 1.60. The highest BCUT2D eigenvalue weighted by molar-refractivity contribution is 7.97. The van der Waals surface area contributed by atoms with E-state index in [9.17, 15) is 9.18 Å². The third kappa shape index (κ3) is 5.34. The molecule has 1 heterocycles. The molecule has 7 heteroatoms. The highest BCUT2D eigenvalue weighted by Gasteiger charge is 2.11. The molecule has 0 atom stereocenters. The fourth-order valence-corrected chi connectivity index (χ4v) is 3.41. The molecule has 1 aromatic heterocycles. The first kappa shape index (κ1) is 23.5. The van der Waals surface area contributed by atoms with E-state index in [1.807, 2.05) is 55.8 Å². The van der Waals surface area contributed by atoms with Crippen LogP contribution in [0.4, 0.5) is 4.39 Å². The summed E-state index contributed by atoms with van der Waals surface area (Å²) in [5.74, 6) is 1.03. The second-order valence-corrected chi connectivity index (χ2v) is 7.90. The molecule has 0 aliphatic heterocycles. The third-order valence-corrected chi connectivity index (χ3v) is 4.82. The number of aromatic amines is 1. The van der Waals surface area contributed by atoms with Gasteiger partial charge in [-0.2, -0.15) is 11.8 Å². The minimum Gasteiger partial charge on any atom is -0.493 e. The topological polar surface area (TPSA) is 56.2 Å². The molecule has 0 radical (unpaired) electrons. The first-order valence-electron chi connectivity index (χ1n) is 10.2. The van der Waals surface area contributed by atoms with Crippen LogP contribution < -0.4 is 15.2 Å². The molecule has 0 bridgehead atoms. The van der Waals surface area contributed by atoms with Crippen molar-refractivity contribution in [3.63, 3.8) is 0 Å². The molecule has 1 N–H and O–H groups in total. The maximum Gasteiger partial charge on any atom is 0.326 e. The highest BCUT2D eigenvalue weighted by atomic mass is 32.2. The number of aromatic nitrogens is 2. The Labute approximate surface area is 191 Å². The summed E-state index contributed by atoms with van der Waals surface area (Å²) in [6, 6.07) is 17.7. The van der Waals surface area contributed by atoms with Gasteiger partial charge >= 0.3 is 5.69 Å². The SMILES string of the molecule is CCOc1cc(Cn2c(=O)[nH]c3cc(-c4ccc(F)cc4)ccc32)ccc1OC.CSC. The molecule has 4 rings (SSSR count). The number of benzene rings is 3. The Morgan fingerprint density at radius 3 is 2.31 bits per heavy atom. The smallest absolute Gasteiger partial charge is 0.326 e. The molecule has 168 valence electrons. The van der Waals surface area contributed by atoms with Crippen LogP contribution in [0, 0.1) is 5.82 Å². The zero-order valence-electron chi connectivity index (χ0n) is 18.6. The molecular weight excluding hydrogens is 427 g/mol. The maximum atomic E-state index is 13.2. The number of hydrogen-bond acceptors (Lipinski definition) is 4. The van der Waals surface area contributed by atoms with Crippen molar-refractivity contribution in [3.8, 4) is 22.6 Å². The first-order valence-corrected chi connectivity index (χ1v) is 11.8. The molecule has 0 amide bonds. The van der Waals surface area contributed by atoms with Crippen LogP contribution in [-0.2, 0) is 6.54 Å². The van der Waals surface area contributed by atoms with Crippen molar-refractivity contribution in [3.05, 3.63) is 82.5 Å². The number of halogens is 1. The summed E-state index contributed by atoms with van der Waals surface area (Å²) >= 11 is 1.75. The lowest BCUT2D eigenvalue weighted by Crippen LogP contribution is -2.17. The third-order valence-electron chi connectivity index (χ3n) is 4.82. The van der Waals surface area contributed by atoms with Gasteiger partial charge in [0.15, 0.2) is 11.5 Å². The monoisotopic (exact) mass is 454 g/mol. The van der Waals surface area contributed by atoms with E-state index in [4.69, 9.17) is 9.47 Å². The van der Waals surface area contributed by atoms with Gasteiger partial charge in [0.2, 0.25) is 0 Å². The molecule has 0 spiro atoms. The second-order valence-electron chi connectivity index (χ2n) is 7.08. The van der Waals surface area contributed by atoms with Crippen LogP contribution in [0.2, 0.25) is 0 Å². The Balaban J connectivity index is 0.000000913. The van der Waals surface area contributed by atoms with E-state index >= 15 is 0 Å². The Bertz CT molecular complexity index is 1230. The molecule has 0 saturated carbocycles. The Morgan fingerprint density at radius 2 is 1.66 bits per heavy atom. The number of methoxy groups -OCH3 is 1. The minimum absolute atomic E-state index is 0.190. The van der Waals surface area contributed by atoms with Crippen LogP contribution in [0.5, 0.6) is 11.5 Å². The maximum absolute atomic E-state index is 13.2. The number of imidazole rings is 1. The molecule has 5 nitrogen and oxygen atoms in total. The van der Waals surface area contributed by atoms with Gasteiger partial charge in [-0.1, -0.05) is 24.3 Å². The Kier molecular flexibility index (Phi) is 8.00. The van der Waals surface area contributed by atoms with E-state index in [0.29, 0.717) is 24.7 Å². The molecule has 0 aliphatic rings. The molecule has 0 saturated heterocycles. The number of thioether (sulfide) groups is 1.